The Balaban J connectivity index is 1.34. The lowest BCUT2D eigenvalue weighted by Crippen LogP contribution is -2.36. The van der Waals surface area contributed by atoms with Crippen molar-refractivity contribution >= 4 is 23.3 Å². The number of rotatable bonds is 6. The minimum atomic E-state index is -0.298. The third kappa shape index (κ3) is 4.81. The van der Waals surface area contributed by atoms with E-state index in [4.69, 9.17) is 4.74 Å². The molecule has 1 saturated heterocycles. The molecule has 1 aliphatic rings. The van der Waals surface area contributed by atoms with Gasteiger partial charge in [0.1, 0.15) is 12.1 Å². The van der Waals surface area contributed by atoms with E-state index >= 15 is 0 Å². The number of aromatic nitrogens is 5. The van der Waals surface area contributed by atoms with Gasteiger partial charge in [0.2, 0.25) is 11.9 Å². The molecule has 5 rings (SSSR count). The number of hydrogen-bond donors (Lipinski definition) is 1. The van der Waals surface area contributed by atoms with Gasteiger partial charge < -0.3 is 19.9 Å². The molecule has 1 fully saturated rings. The maximum absolute atomic E-state index is 14.4. The lowest BCUT2D eigenvalue weighted by molar-refractivity contribution is 0.122. The molecular weight excluding hydrogens is 435 g/mol. The van der Waals surface area contributed by atoms with Gasteiger partial charge in [0.25, 0.3) is 0 Å². The number of ether oxygens (including phenoxy) is 1. The quantitative estimate of drug-likeness (QED) is 0.468. The lowest BCUT2D eigenvalue weighted by Gasteiger charge is -2.29. The topological polar surface area (TPSA) is 84.2 Å². The Labute approximate surface area is 196 Å². The first-order valence-corrected chi connectivity index (χ1v) is 11.0. The summed E-state index contributed by atoms with van der Waals surface area (Å²) >= 11 is 0. The first kappa shape index (κ1) is 21.8. The van der Waals surface area contributed by atoms with Gasteiger partial charge in [-0.15, -0.1) is 5.10 Å². The van der Waals surface area contributed by atoms with Gasteiger partial charge in [0.05, 0.1) is 24.6 Å². The molecule has 0 bridgehead atoms. The molecule has 0 saturated carbocycles. The summed E-state index contributed by atoms with van der Waals surface area (Å²) in [5, 5.41) is 7.64. The molecule has 34 heavy (non-hydrogen) atoms. The number of nitrogens with zero attached hydrogens (tertiary/aromatic N) is 7. The van der Waals surface area contributed by atoms with E-state index in [1.165, 1.54) is 6.07 Å². The molecule has 0 spiro atoms. The SMILES string of the molecule is CN(C)c1ncn(-c2ccc(Nc3nccc(-c4cc(F)cc(N5CCOCC5)c4)n3)cc2)n1. The van der Waals surface area contributed by atoms with E-state index in [0.29, 0.717) is 36.4 Å². The lowest BCUT2D eigenvalue weighted by atomic mass is 10.1. The van der Waals surface area contributed by atoms with Gasteiger partial charge in [-0.25, -0.2) is 19.0 Å². The minimum Gasteiger partial charge on any atom is -0.378 e. The highest BCUT2D eigenvalue weighted by atomic mass is 19.1. The summed E-state index contributed by atoms with van der Waals surface area (Å²) in [6.45, 7) is 2.75. The molecule has 1 N–H and O–H groups in total. The molecule has 2 aromatic carbocycles. The van der Waals surface area contributed by atoms with Crippen LogP contribution in [-0.2, 0) is 4.74 Å². The van der Waals surface area contributed by atoms with Gasteiger partial charge in [-0.2, -0.15) is 4.98 Å². The molecule has 0 amide bonds. The van der Waals surface area contributed by atoms with E-state index in [1.807, 2.05) is 49.3 Å². The zero-order chi connectivity index (χ0) is 23.5. The first-order chi connectivity index (χ1) is 16.5. The molecule has 10 heteroatoms. The molecule has 3 heterocycles. The zero-order valence-electron chi connectivity index (χ0n) is 19.0. The molecule has 174 valence electrons. The number of anilines is 4. The molecule has 4 aromatic rings. The Morgan fingerprint density at radius 3 is 2.50 bits per heavy atom. The normalized spacial score (nSPS) is 13.7. The van der Waals surface area contributed by atoms with Crippen molar-refractivity contribution in [2.75, 3.05) is 55.5 Å². The van der Waals surface area contributed by atoms with Crippen molar-refractivity contribution in [3.63, 3.8) is 0 Å². The average Bonchev–Trinajstić information content (AvgIpc) is 3.36. The second kappa shape index (κ2) is 9.44. The molecule has 0 unspecified atom stereocenters. The van der Waals surface area contributed by atoms with Gasteiger partial charge in [0, 0.05) is 50.3 Å². The fourth-order valence-corrected chi connectivity index (χ4v) is 3.72. The standard InChI is InChI=1S/C24H25FN8O/c1-31(2)24-27-16-33(30-24)20-5-3-19(4-6-20)28-23-26-8-7-22(29-23)17-13-18(25)15-21(14-17)32-9-11-34-12-10-32/h3-8,13-16H,9-12H2,1-2H3,(H,26,28,29). The van der Waals surface area contributed by atoms with E-state index in [2.05, 4.69) is 30.3 Å². The number of morpholine rings is 1. The van der Waals surface area contributed by atoms with E-state index in [-0.39, 0.29) is 5.82 Å². The van der Waals surface area contributed by atoms with E-state index in [0.717, 1.165) is 30.2 Å². The summed E-state index contributed by atoms with van der Waals surface area (Å²) in [6, 6.07) is 14.5. The smallest absolute Gasteiger partial charge is 0.244 e. The number of hydrogen-bond acceptors (Lipinski definition) is 8. The molecule has 0 aliphatic carbocycles. The summed E-state index contributed by atoms with van der Waals surface area (Å²) in [7, 11) is 3.79. The number of halogens is 1. The molecule has 9 nitrogen and oxygen atoms in total. The third-order valence-electron chi connectivity index (χ3n) is 5.48. The van der Waals surface area contributed by atoms with Crippen LogP contribution in [0, 0.1) is 5.82 Å². The Morgan fingerprint density at radius 2 is 1.76 bits per heavy atom. The van der Waals surface area contributed by atoms with Gasteiger partial charge in [-0.3, -0.25) is 0 Å². The Bertz CT molecular complexity index is 1270. The van der Waals surface area contributed by atoms with Crippen molar-refractivity contribution in [3.8, 4) is 16.9 Å². The van der Waals surface area contributed by atoms with E-state index in [9.17, 15) is 4.39 Å². The average molecular weight is 461 g/mol. The fourth-order valence-electron chi connectivity index (χ4n) is 3.72. The van der Waals surface area contributed by atoms with Gasteiger partial charge in [0.15, 0.2) is 0 Å². The fraction of sp³-hybridized carbons (Fsp3) is 0.250. The highest BCUT2D eigenvalue weighted by Gasteiger charge is 2.14. The number of benzene rings is 2. The van der Waals surface area contributed by atoms with E-state index < -0.39 is 0 Å². The monoisotopic (exact) mass is 460 g/mol. The Kier molecular flexibility index (Phi) is 6.05. The summed E-state index contributed by atoms with van der Waals surface area (Å²) < 4.78 is 21.5. The third-order valence-corrected chi connectivity index (χ3v) is 5.48. The van der Waals surface area contributed by atoms with Crippen molar-refractivity contribution < 1.29 is 9.13 Å². The van der Waals surface area contributed by atoms with Crippen molar-refractivity contribution in [1.29, 1.82) is 0 Å². The van der Waals surface area contributed by atoms with Crippen LogP contribution in [0.3, 0.4) is 0 Å². The zero-order valence-corrected chi connectivity index (χ0v) is 19.0. The van der Waals surface area contributed by atoms with Gasteiger partial charge >= 0.3 is 0 Å². The van der Waals surface area contributed by atoms with E-state index in [1.54, 1.807) is 29.3 Å². The van der Waals surface area contributed by atoms with Gasteiger partial charge in [-0.05, 0) is 48.5 Å². The highest BCUT2D eigenvalue weighted by Crippen LogP contribution is 2.27. The molecule has 0 radical (unpaired) electrons. The second-order valence-electron chi connectivity index (χ2n) is 8.12. The maximum atomic E-state index is 14.4. The Morgan fingerprint density at radius 1 is 0.971 bits per heavy atom. The van der Waals surface area contributed by atoms with Crippen LogP contribution in [0.2, 0.25) is 0 Å². The van der Waals surface area contributed by atoms with Crippen LogP contribution < -0.4 is 15.1 Å². The Hall–Kier alpha value is -4.05. The molecule has 1 aliphatic heterocycles. The maximum Gasteiger partial charge on any atom is 0.244 e. The second-order valence-corrected chi connectivity index (χ2v) is 8.12. The van der Waals surface area contributed by atoms with Crippen LogP contribution in [0.1, 0.15) is 0 Å². The van der Waals surface area contributed by atoms with Crippen LogP contribution >= 0.6 is 0 Å². The molecule has 2 aromatic heterocycles. The van der Waals surface area contributed by atoms with Crippen molar-refractivity contribution in [3.05, 3.63) is 66.9 Å². The largest absolute Gasteiger partial charge is 0.378 e. The van der Waals surface area contributed by atoms with Crippen molar-refractivity contribution in [2.24, 2.45) is 0 Å². The minimum absolute atomic E-state index is 0.298. The summed E-state index contributed by atoms with van der Waals surface area (Å²) in [5.41, 5.74) is 3.87. The van der Waals surface area contributed by atoms with Crippen LogP contribution in [-0.4, -0.2) is 65.1 Å². The van der Waals surface area contributed by atoms with Crippen LogP contribution in [0.15, 0.2) is 61.1 Å². The van der Waals surface area contributed by atoms with Crippen LogP contribution in [0.4, 0.5) is 27.7 Å². The van der Waals surface area contributed by atoms with Crippen molar-refractivity contribution in [1.82, 2.24) is 24.7 Å². The molecular formula is C24H25FN8O. The van der Waals surface area contributed by atoms with Crippen molar-refractivity contribution in [2.45, 2.75) is 0 Å². The number of nitrogens with one attached hydrogen (secondary N) is 1. The highest BCUT2D eigenvalue weighted by molar-refractivity contribution is 5.67. The van der Waals surface area contributed by atoms with Gasteiger partial charge in [-0.1, -0.05) is 0 Å². The van der Waals surface area contributed by atoms with Crippen LogP contribution in [0.5, 0.6) is 0 Å². The molecule has 0 atom stereocenters. The van der Waals surface area contributed by atoms with Crippen LogP contribution in [0.25, 0.3) is 16.9 Å². The summed E-state index contributed by atoms with van der Waals surface area (Å²) in [4.78, 5) is 17.2. The predicted octanol–water partition coefficient (Wildman–Crippen LogP) is 3.51. The predicted molar refractivity (Wildman–Crippen MR) is 129 cm³/mol. The first-order valence-electron chi connectivity index (χ1n) is 11.0. The summed E-state index contributed by atoms with van der Waals surface area (Å²) in [6.07, 6.45) is 3.34. The summed E-state index contributed by atoms with van der Waals surface area (Å²) in [5.74, 6) is 0.771.